The van der Waals surface area contributed by atoms with E-state index in [1.807, 2.05) is 48.5 Å². The minimum Gasteiger partial charge on any atom is -0.299 e. The van der Waals surface area contributed by atoms with Crippen LogP contribution in [-0.4, -0.2) is 17.3 Å². The molecule has 0 bridgehead atoms. The van der Waals surface area contributed by atoms with E-state index in [2.05, 4.69) is 132 Å². The number of Topliss-reactive ketones (excluding diaryl/α,β-unsaturated/α-hetero) is 3. The van der Waals surface area contributed by atoms with E-state index in [1.165, 1.54) is 44.9 Å². The van der Waals surface area contributed by atoms with Gasteiger partial charge in [-0.15, -0.1) is 0 Å². The van der Waals surface area contributed by atoms with Crippen LogP contribution in [0.4, 0.5) is 0 Å². The quantitative estimate of drug-likeness (QED) is 0.109. The van der Waals surface area contributed by atoms with Gasteiger partial charge in [-0.25, -0.2) is 0 Å². The maximum absolute atomic E-state index is 11.5. The third-order valence-corrected chi connectivity index (χ3v) is 9.96. The highest BCUT2D eigenvalue weighted by Gasteiger charge is 2.16. The van der Waals surface area contributed by atoms with Crippen molar-refractivity contribution in [3.05, 3.63) is 0 Å². The summed E-state index contributed by atoms with van der Waals surface area (Å²) in [6.07, 6.45) is 13.1. The van der Waals surface area contributed by atoms with Crippen molar-refractivity contribution in [2.24, 2.45) is 82.9 Å². The molecule has 2 unspecified atom stereocenters. The van der Waals surface area contributed by atoms with Gasteiger partial charge in [-0.3, -0.25) is 14.4 Å². The first-order chi connectivity index (χ1) is 25.8. The zero-order chi connectivity index (χ0) is 46.6. The summed E-state index contributed by atoms with van der Waals surface area (Å²) in [5.74, 6) is 10.1. The zero-order valence-electron chi connectivity index (χ0n) is 44.6. The predicted molar refractivity (Wildman–Crippen MR) is 262 cm³/mol. The molecule has 0 heterocycles. The predicted octanol–water partition coefficient (Wildman–Crippen LogP) is 18.1. The molecule has 0 rings (SSSR count). The second-order valence-electron chi connectivity index (χ2n) is 22.1. The van der Waals surface area contributed by atoms with Gasteiger partial charge in [-0.1, -0.05) is 219 Å². The van der Waals surface area contributed by atoms with Crippen LogP contribution in [0.5, 0.6) is 0 Å². The molecule has 0 aliphatic carbocycles. The fraction of sp³-hybridized carbons (Fsp3) is 0.944. The molecule has 3 nitrogen and oxygen atoms in total. The third-order valence-electron chi connectivity index (χ3n) is 9.96. The lowest BCUT2D eigenvalue weighted by Gasteiger charge is -2.16. The summed E-state index contributed by atoms with van der Waals surface area (Å²) < 4.78 is 0. The standard InChI is InChI=1S/C11H22O.C9H18O.2C9H20.C8H16O.C8H18/c1-8(2)6-7-10(5)11(12)9(3)4;1-7(2)5-6-9(10)8(3)4;1-7(2)6-9(5)8(3)4;1-8(2)6-5-7-9(3)4;1-6(2)5-8(9)7(3)4;1-7(2)5-6-8(3)4/h8-10H,6-7H2,1-5H3;7-8H,5-6H2,1-4H3;7-9H,6H2,1-5H3;8-9H,5-7H2,1-4H3;6-7H,5H2,1-4H3;7-8H,5-6H2,1-4H3. The van der Waals surface area contributed by atoms with Crippen LogP contribution in [0.15, 0.2) is 0 Å². The van der Waals surface area contributed by atoms with Crippen LogP contribution in [-0.2, 0) is 14.4 Å². The lowest BCUT2D eigenvalue weighted by molar-refractivity contribution is -0.125. The minimum atomic E-state index is 0.201. The van der Waals surface area contributed by atoms with E-state index < -0.39 is 0 Å². The highest BCUT2D eigenvalue weighted by atomic mass is 16.1. The first-order valence-electron chi connectivity index (χ1n) is 24.4. The Hall–Kier alpha value is -0.990. The average Bonchev–Trinajstić information content (AvgIpc) is 3.05. The normalized spacial score (nSPS) is 12.3. The van der Waals surface area contributed by atoms with Crippen molar-refractivity contribution in [1.82, 2.24) is 0 Å². The molecule has 0 aliphatic heterocycles. The smallest absolute Gasteiger partial charge is 0.138 e. The van der Waals surface area contributed by atoms with Crippen LogP contribution in [0.25, 0.3) is 0 Å². The van der Waals surface area contributed by atoms with E-state index in [1.54, 1.807) is 0 Å². The first-order valence-corrected chi connectivity index (χ1v) is 24.4. The van der Waals surface area contributed by atoms with Crippen molar-refractivity contribution in [1.29, 1.82) is 0 Å². The van der Waals surface area contributed by atoms with Gasteiger partial charge in [-0.05, 0) is 78.4 Å². The minimum absolute atomic E-state index is 0.201. The first kappa shape index (κ1) is 67.8. The van der Waals surface area contributed by atoms with Gasteiger partial charge in [0.05, 0.1) is 0 Å². The van der Waals surface area contributed by atoms with Gasteiger partial charge >= 0.3 is 0 Å². The maximum Gasteiger partial charge on any atom is 0.138 e. The van der Waals surface area contributed by atoms with Crippen molar-refractivity contribution in [2.45, 2.75) is 251 Å². The van der Waals surface area contributed by atoms with Crippen molar-refractivity contribution in [3.63, 3.8) is 0 Å². The second kappa shape index (κ2) is 43.1. The van der Waals surface area contributed by atoms with Gasteiger partial charge in [0.25, 0.3) is 0 Å². The van der Waals surface area contributed by atoms with Crippen LogP contribution in [0.3, 0.4) is 0 Å². The Labute approximate surface area is 364 Å². The zero-order valence-corrected chi connectivity index (χ0v) is 44.6. The van der Waals surface area contributed by atoms with E-state index in [-0.39, 0.29) is 23.7 Å². The van der Waals surface area contributed by atoms with E-state index in [0.717, 1.165) is 67.1 Å². The van der Waals surface area contributed by atoms with E-state index in [0.29, 0.717) is 35.1 Å². The molecule has 348 valence electrons. The van der Waals surface area contributed by atoms with Crippen molar-refractivity contribution < 1.29 is 14.4 Å². The maximum atomic E-state index is 11.5. The molecule has 0 saturated carbocycles. The Bertz CT molecular complexity index is 838. The lowest BCUT2D eigenvalue weighted by atomic mass is 9.90. The van der Waals surface area contributed by atoms with Gasteiger partial charge in [0.2, 0.25) is 0 Å². The van der Waals surface area contributed by atoms with E-state index >= 15 is 0 Å². The van der Waals surface area contributed by atoms with Gasteiger partial charge in [0, 0.05) is 36.5 Å². The molecule has 2 atom stereocenters. The largest absolute Gasteiger partial charge is 0.299 e. The molecule has 0 spiro atoms. The number of rotatable bonds is 22. The molecule has 0 aromatic carbocycles. The van der Waals surface area contributed by atoms with Crippen molar-refractivity contribution in [3.8, 4) is 0 Å². The van der Waals surface area contributed by atoms with Crippen LogP contribution in [0, 0.1) is 82.9 Å². The summed E-state index contributed by atoms with van der Waals surface area (Å²) in [7, 11) is 0. The van der Waals surface area contributed by atoms with E-state index in [9.17, 15) is 14.4 Å². The lowest BCUT2D eigenvalue weighted by Crippen LogP contribution is -2.17. The summed E-state index contributed by atoms with van der Waals surface area (Å²) in [4.78, 5) is 33.5. The van der Waals surface area contributed by atoms with Crippen LogP contribution < -0.4 is 0 Å². The SMILES string of the molecule is CC(C)CC(=O)C(C)C.CC(C)CC(C)C(C)C.CC(C)CCC(=O)C(C)C.CC(C)CCC(C)C.CC(C)CCC(C)C(=O)C(C)C.CC(C)CCCC(C)C. The fourth-order valence-corrected chi connectivity index (χ4v) is 5.27. The molecule has 0 saturated heterocycles. The Balaban J connectivity index is -0.000000138. The molecule has 0 N–H and O–H groups in total. The highest BCUT2D eigenvalue weighted by molar-refractivity contribution is 5.82. The summed E-state index contributed by atoms with van der Waals surface area (Å²) >= 11 is 0. The van der Waals surface area contributed by atoms with Gasteiger partial charge in [0.15, 0.2) is 0 Å². The molecule has 3 heteroatoms. The summed E-state index contributed by atoms with van der Waals surface area (Å²) in [6.45, 7) is 56.5. The molecular weight excluding hydrogens is 697 g/mol. The van der Waals surface area contributed by atoms with Crippen LogP contribution in [0.1, 0.15) is 251 Å². The van der Waals surface area contributed by atoms with Crippen molar-refractivity contribution in [2.75, 3.05) is 0 Å². The Kier molecular flexibility index (Phi) is 51.3. The molecule has 0 fully saturated rings. The Morgan fingerprint density at radius 3 is 0.877 bits per heavy atom. The summed E-state index contributed by atoms with van der Waals surface area (Å²) in [6, 6.07) is 0. The third kappa shape index (κ3) is 67.1. The highest BCUT2D eigenvalue weighted by Crippen LogP contribution is 2.19. The molecule has 57 heavy (non-hydrogen) atoms. The summed E-state index contributed by atoms with van der Waals surface area (Å²) in [5, 5.41) is 0. The topological polar surface area (TPSA) is 51.2 Å². The Morgan fingerprint density at radius 2 is 0.667 bits per heavy atom. The van der Waals surface area contributed by atoms with Crippen LogP contribution in [0.2, 0.25) is 0 Å². The number of hydrogen-bond donors (Lipinski definition) is 0. The van der Waals surface area contributed by atoms with Crippen LogP contribution >= 0.6 is 0 Å². The van der Waals surface area contributed by atoms with Gasteiger partial charge < -0.3 is 0 Å². The molecule has 0 aromatic heterocycles. The molecule has 0 radical (unpaired) electrons. The molecule has 0 aromatic rings. The van der Waals surface area contributed by atoms with Gasteiger partial charge in [0.1, 0.15) is 17.3 Å². The van der Waals surface area contributed by atoms with Crippen molar-refractivity contribution >= 4 is 17.3 Å². The van der Waals surface area contributed by atoms with Gasteiger partial charge in [-0.2, -0.15) is 0 Å². The number of carbonyl (C=O) groups excluding carboxylic acids is 3. The second-order valence-corrected chi connectivity index (χ2v) is 22.1. The number of carbonyl (C=O) groups is 3. The average molecular weight is 812 g/mol. The molecule has 0 amide bonds. The molecule has 0 aliphatic rings. The Morgan fingerprint density at radius 1 is 0.333 bits per heavy atom. The summed E-state index contributed by atoms with van der Waals surface area (Å²) in [5.41, 5.74) is 0. The fourth-order valence-electron chi connectivity index (χ4n) is 5.27. The number of hydrogen-bond acceptors (Lipinski definition) is 3. The van der Waals surface area contributed by atoms with E-state index in [4.69, 9.17) is 0 Å². The molecular formula is C54H114O3. The monoisotopic (exact) mass is 811 g/mol. The number of ketones is 3.